The van der Waals surface area contributed by atoms with Crippen LogP contribution >= 0.6 is 11.6 Å². The standard InChI is InChI=1S/C26H29ClFN5O4/c1-4-19(35)31-9-11-33-16(13-31)14-37-24-21(26(33)36)25(32-10-8-30(3)12-15(32)2)29-23(22(24)27)20-17(28)6-5-7-18(20)34/h4-7,15-16,34H,1,8-14H2,2-3H3/t15-,16+/m0/s1/i3D3. The number of phenolic OH excluding ortho intramolecular Hbond substituents is 1. The molecule has 1 aromatic carbocycles. The normalized spacial score (nSPS) is 23.7. The van der Waals surface area contributed by atoms with Crippen molar-refractivity contribution in [2.75, 3.05) is 57.8 Å². The maximum atomic E-state index is 15.0. The summed E-state index contributed by atoms with van der Waals surface area (Å²) in [5.74, 6) is -1.68. The molecule has 0 unspecified atom stereocenters. The van der Waals surface area contributed by atoms with Crippen LogP contribution in [0.5, 0.6) is 11.5 Å². The summed E-state index contributed by atoms with van der Waals surface area (Å²) in [4.78, 5) is 37.4. The minimum Gasteiger partial charge on any atom is -0.507 e. The maximum Gasteiger partial charge on any atom is 0.261 e. The fourth-order valence-corrected chi connectivity index (χ4v) is 5.45. The van der Waals surface area contributed by atoms with Crippen molar-refractivity contribution in [3.05, 3.63) is 47.3 Å². The Morgan fingerprint density at radius 1 is 1.27 bits per heavy atom. The number of aromatic hydroxyl groups is 1. The number of halogens is 2. The molecule has 2 amide bonds. The van der Waals surface area contributed by atoms with E-state index in [1.807, 2.05) is 6.92 Å². The topological polar surface area (TPSA) is 89.5 Å². The second kappa shape index (κ2) is 9.83. The minimum absolute atomic E-state index is 0.00392. The van der Waals surface area contributed by atoms with Crippen LogP contribution in [0.25, 0.3) is 11.3 Å². The molecule has 0 bridgehead atoms. The highest BCUT2D eigenvalue weighted by molar-refractivity contribution is 6.35. The molecule has 0 radical (unpaired) electrons. The lowest BCUT2D eigenvalue weighted by Crippen LogP contribution is -2.57. The van der Waals surface area contributed by atoms with Crippen LogP contribution in [-0.2, 0) is 4.79 Å². The zero-order valence-corrected chi connectivity index (χ0v) is 21.0. The molecule has 9 nitrogen and oxygen atoms in total. The highest BCUT2D eigenvalue weighted by atomic mass is 35.5. The predicted octanol–water partition coefficient (Wildman–Crippen LogP) is 2.62. The van der Waals surface area contributed by atoms with Gasteiger partial charge in [0.15, 0.2) is 5.75 Å². The number of aromatic nitrogens is 1. The van der Waals surface area contributed by atoms with Crippen LogP contribution < -0.4 is 9.64 Å². The average Bonchev–Trinajstić information content (AvgIpc) is 3.05. The Bertz CT molecular complexity index is 1360. The van der Waals surface area contributed by atoms with Crippen molar-refractivity contribution in [2.24, 2.45) is 0 Å². The number of hydrogen-bond acceptors (Lipinski definition) is 7. The number of pyridine rings is 1. The highest BCUT2D eigenvalue weighted by Crippen LogP contribution is 2.46. The van der Waals surface area contributed by atoms with Crippen molar-refractivity contribution in [3.63, 3.8) is 0 Å². The minimum atomic E-state index is -2.29. The van der Waals surface area contributed by atoms with Gasteiger partial charge in [0.2, 0.25) is 5.91 Å². The van der Waals surface area contributed by atoms with E-state index in [0.717, 1.165) is 6.07 Å². The van der Waals surface area contributed by atoms with Crippen LogP contribution in [0.15, 0.2) is 30.9 Å². The number of carbonyl (C=O) groups is 2. The number of rotatable bonds is 3. The van der Waals surface area contributed by atoms with Gasteiger partial charge in [0.05, 0.1) is 11.6 Å². The molecule has 11 heteroatoms. The van der Waals surface area contributed by atoms with Crippen LogP contribution in [0.3, 0.4) is 0 Å². The van der Waals surface area contributed by atoms with Gasteiger partial charge in [0, 0.05) is 49.4 Å². The lowest BCUT2D eigenvalue weighted by atomic mass is 10.0. The summed E-state index contributed by atoms with van der Waals surface area (Å²) in [5, 5.41) is 10.4. The number of likely N-dealkylation sites (N-methyl/N-ethyl adjacent to an activating group) is 1. The largest absolute Gasteiger partial charge is 0.507 e. The Kier molecular flexibility index (Phi) is 5.76. The number of piperazine rings is 2. The van der Waals surface area contributed by atoms with E-state index in [1.165, 1.54) is 23.1 Å². The molecule has 5 rings (SSSR count). The van der Waals surface area contributed by atoms with Crippen molar-refractivity contribution in [1.82, 2.24) is 19.7 Å². The second-order valence-electron chi connectivity index (χ2n) is 9.38. The number of nitrogens with zero attached hydrogens (tertiary/aromatic N) is 5. The van der Waals surface area contributed by atoms with E-state index in [1.54, 1.807) is 14.7 Å². The van der Waals surface area contributed by atoms with E-state index in [2.05, 4.69) is 11.6 Å². The lowest BCUT2D eigenvalue weighted by molar-refractivity contribution is -0.128. The fourth-order valence-electron chi connectivity index (χ4n) is 5.17. The van der Waals surface area contributed by atoms with Crippen molar-refractivity contribution in [3.8, 4) is 22.8 Å². The van der Waals surface area contributed by atoms with Crippen molar-refractivity contribution in [2.45, 2.75) is 19.0 Å². The first-order valence-corrected chi connectivity index (χ1v) is 12.4. The summed E-state index contributed by atoms with van der Waals surface area (Å²) in [7, 11) is 0. The molecule has 2 fully saturated rings. The summed E-state index contributed by atoms with van der Waals surface area (Å²) < 4.78 is 44.6. The quantitative estimate of drug-likeness (QED) is 0.608. The van der Waals surface area contributed by atoms with Crippen LogP contribution in [0.2, 0.25) is 5.02 Å². The molecule has 1 N–H and O–H groups in total. The number of fused-ring (bicyclic) bond motifs is 2. The molecule has 0 saturated carbocycles. The van der Waals surface area contributed by atoms with E-state index in [4.69, 9.17) is 20.5 Å². The highest BCUT2D eigenvalue weighted by Gasteiger charge is 2.41. The van der Waals surface area contributed by atoms with E-state index in [-0.39, 0.29) is 78.6 Å². The number of anilines is 1. The SMILES string of the molecule is [2H]C([2H])([2H])N1CCN(c2nc(-c3c(O)cccc3F)c(Cl)c3c2C(=O)N2CCN(C(=O)C=C)C[C@@H]2CO3)[C@@H](C)C1. The zero-order chi connectivity index (χ0) is 28.9. The molecular formula is C26H29ClFN5O4. The molecule has 1 aromatic heterocycles. The van der Waals surface area contributed by atoms with Crippen LogP contribution in [0, 0.1) is 5.82 Å². The number of amides is 2. The van der Waals surface area contributed by atoms with Gasteiger partial charge in [-0.15, -0.1) is 0 Å². The van der Waals surface area contributed by atoms with Gasteiger partial charge < -0.3 is 29.4 Å². The Labute approximate surface area is 223 Å². The second-order valence-corrected chi connectivity index (χ2v) is 9.75. The summed E-state index contributed by atoms with van der Waals surface area (Å²) in [6.07, 6.45) is 1.22. The Hall–Kier alpha value is -3.37. The third-order valence-corrected chi connectivity index (χ3v) is 7.42. The molecule has 0 spiro atoms. The maximum absolute atomic E-state index is 15.0. The Morgan fingerprint density at radius 3 is 2.76 bits per heavy atom. The summed E-state index contributed by atoms with van der Waals surface area (Å²) in [6.45, 7) is 4.37. The predicted molar refractivity (Wildman–Crippen MR) is 138 cm³/mol. The molecule has 4 heterocycles. The van der Waals surface area contributed by atoms with Crippen molar-refractivity contribution in [1.29, 1.82) is 0 Å². The molecule has 2 saturated heterocycles. The van der Waals surface area contributed by atoms with E-state index >= 15 is 4.39 Å². The van der Waals surface area contributed by atoms with Gasteiger partial charge in [-0.05, 0) is 32.1 Å². The average molecular weight is 533 g/mol. The van der Waals surface area contributed by atoms with Crippen LogP contribution in [0.4, 0.5) is 10.2 Å². The van der Waals surface area contributed by atoms with Gasteiger partial charge in [0.1, 0.15) is 40.3 Å². The lowest BCUT2D eigenvalue weighted by Gasteiger charge is -2.41. The van der Waals surface area contributed by atoms with Gasteiger partial charge in [-0.1, -0.05) is 24.2 Å². The Morgan fingerprint density at radius 2 is 2.05 bits per heavy atom. The van der Waals surface area contributed by atoms with Gasteiger partial charge in [-0.25, -0.2) is 9.37 Å². The molecule has 2 atom stereocenters. The monoisotopic (exact) mass is 532 g/mol. The molecular weight excluding hydrogens is 501 g/mol. The molecule has 0 aliphatic carbocycles. The first-order chi connectivity index (χ1) is 18.9. The molecule has 196 valence electrons. The summed E-state index contributed by atoms with van der Waals surface area (Å²) in [5.41, 5.74) is -0.275. The fraction of sp³-hybridized carbons (Fsp3) is 0.423. The van der Waals surface area contributed by atoms with Crippen molar-refractivity contribution >= 4 is 29.2 Å². The number of hydrogen-bond donors (Lipinski definition) is 1. The van der Waals surface area contributed by atoms with E-state index in [9.17, 15) is 14.7 Å². The number of benzene rings is 1. The third kappa shape index (κ3) is 4.38. The Balaban J connectivity index is 1.64. The molecule has 2 aromatic rings. The third-order valence-electron chi connectivity index (χ3n) is 7.07. The number of carbonyl (C=O) groups excluding carboxylic acids is 2. The first-order valence-electron chi connectivity index (χ1n) is 13.5. The molecule has 3 aliphatic rings. The zero-order valence-electron chi connectivity index (χ0n) is 23.3. The van der Waals surface area contributed by atoms with Gasteiger partial charge >= 0.3 is 0 Å². The molecule has 3 aliphatic heterocycles. The smallest absolute Gasteiger partial charge is 0.261 e. The summed E-state index contributed by atoms with van der Waals surface area (Å²) in [6, 6.07) is 2.92. The van der Waals surface area contributed by atoms with E-state index < -0.39 is 36.5 Å². The van der Waals surface area contributed by atoms with Crippen LogP contribution in [-0.4, -0.2) is 102 Å². The summed E-state index contributed by atoms with van der Waals surface area (Å²) >= 11 is 6.76. The van der Waals surface area contributed by atoms with Gasteiger partial charge in [-0.2, -0.15) is 0 Å². The first kappa shape index (κ1) is 21.7. The van der Waals surface area contributed by atoms with E-state index in [0.29, 0.717) is 6.54 Å². The van der Waals surface area contributed by atoms with Gasteiger partial charge in [-0.3, -0.25) is 9.59 Å². The number of ether oxygens (including phenoxy) is 1. The van der Waals surface area contributed by atoms with Gasteiger partial charge in [0.25, 0.3) is 5.91 Å². The van der Waals surface area contributed by atoms with Crippen molar-refractivity contribution < 1.29 is 27.9 Å². The number of phenols is 1. The van der Waals surface area contributed by atoms with Crippen LogP contribution in [0.1, 0.15) is 21.4 Å². The molecule has 37 heavy (non-hydrogen) atoms.